The first kappa shape index (κ1) is 17.9. The summed E-state index contributed by atoms with van der Waals surface area (Å²) in [6.45, 7) is 3.86. The summed E-state index contributed by atoms with van der Waals surface area (Å²) in [4.78, 5) is 19.2. The summed E-state index contributed by atoms with van der Waals surface area (Å²) in [5.74, 6) is 0.485. The van der Waals surface area contributed by atoms with Gasteiger partial charge in [-0.25, -0.2) is 13.8 Å². The Morgan fingerprint density at radius 1 is 1.42 bits per heavy atom. The minimum absolute atomic E-state index is 0.0809. The van der Waals surface area contributed by atoms with Gasteiger partial charge in [0.2, 0.25) is 0 Å². The van der Waals surface area contributed by atoms with Crippen LogP contribution in [0.3, 0.4) is 0 Å². The lowest BCUT2D eigenvalue weighted by Gasteiger charge is -2.14. The Morgan fingerprint density at radius 2 is 2.15 bits per heavy atom. The number of H-pyrrole nitrogens is 1. The molecule has 0 aliphatic rings. The summed E-state index contributed by atoms with van der Waals surface area (Å²) in [5.41, 5.74) is -0.222. The highest BCUT2D eigenvalue weighted by molar-refractivity contribution is 7.71. The Labute approximate surface area is 152 Å². The molecule has 0 amide bonds. The van der Waals surface area contributed by atoms with E-state index in [0.717, 1.165) is 0 Å². The number of alkyl halides is 2. The third-order valence-electron chi connectivity index (χ3n) is 3.91. The van der Waals surface area contributed by atoms with E-state index in [1.807, 2.05) is 0 Å². The van der Waals surface area contributed by atoms with Gasteiger partial charge in [-0.1, -0.05) is 18.2 Å². The van der Waals surface area contributed by atoms with E-state index in [4.69, 9.17) is 17.0 Å². The molecule has 0 aliphatic heterocycles. The lowest BCUT2D eigenvalue weighted by Crippen LogP contribution is -2.17. The molecule has 0 spiro atoms. The fourth-order valence-corrected chi connectivity index (χ4v) is 3.02. The van der Waals surface area contributed by atoms with Crippen molar-refractivity contribution in [1.29, 1.82) is 0 Å². The van der Waals surface area contributed by atoms with Crippen LogP contribution in [0.4, 0.5) is 8.78 Å². The molecule has 0 bridgehead atoms. The predicted molar refractivity (Wildman–Crippen MR) is 98.3 cm³/mol. The molecule has 0 aliphatic carbocycles. The number of fused-ring (bicyclic) bond motifs is 1. The number of aromatic amines is 1. The third-order valence-corrected chi connectivity index (χ3v) is 4.23. The van der Waals surface area contributed by atoms with Crippen molar-refractivity contribution in [1.82, 2.24) is 14.5 Å². The molecular weight excluding hydrogens is 360 g/mol. The average Bonchev–Trinajstić information content (AvgIpc) is 2.63. The summed E-state index contributed by atoms with van der Waals surface area (Å²) in [6, 6.07) is 8.14. The maximum atomic E-state index is 13.7. The highest BCUT2D eigenvalue weighted by atomic mass is 32.1. The molecule has 5 nitrogen and oxygen atoms in total. The number of para-hydroxylation sites is 1. The van der Waals surface area contributed by atoms with Crippen LogP contribution in [-0.4, -0.2) is 21.6 Å². The largest absolute Gasteiger partial charge is 0.496 e. The van der Waals surface area contributed by atoms with Crippen molar-refractivity contribution in [3.63, 3.8) is 0 Å². The molecule has 0 unspecified atom stereocenters. The highest BCUT2D eigenvalue weighted by Crippen LogP contribution is 2.33. The van der Waals surface area contributed by atoms with E-state index in [1.54, 1.807) is 30.3 Å². The van der Waals surface area contributed by atoms with Gasteiger partial charge < -0.3 is 4.74 Å². The molecule has 0 atom stereocenters. The Bertz CT molecular complexity index is 1110. The average molecular weight is 375 g/mol. The van der Waals surface area contributed by atoms with Crippen molar-refractivity contribution in [2.24, 2.45) is 0 Å². The highest BCUT2D eigenvalue weighted by Gasteiger charge is 2.21. The minimum atomic E-state index is -2.86. The van der Waals surface area contributed by atoms with Gasteiger partial charge in [-0.3, -0.25) is 14.3 Å². The van der Waals surface area contributed by atoms with Crippen molar-refractivity contribution >= 4 is 23.3 Å². The van der Waals surface area contributed by atoms with Crippen LogP contribution < -0.4 is 10.3 Å². The van der Waals surface area contributed by atoms with Crippen molar-refractivity contribution in [2.45, 2.75) is 13.0 Å². The number of hydrogen-bond donors (Lipinski definition) is 1. The molecular formula is C18H15F2N3O2S. The fourth-order valence-electron chi connectivity index (χ4n) is 2.77. The smallest absolute Gasteiger partial charge is 0.264 e. The molecule has 1 aromatic carbocycles. The fraction of sp³-hybridized carbons (Fsp3) is 0.167. The van der Waals surface area contributed by atoms with E-state index in [-0.39, 0.29) is 28.0 Å². The standard InChI is InChI=1S/C18H15F2N3O2S/c1-3-8-23-16-14(17(24)22-18(23)26)11(15(19)20)9-12(21-16)10-6-4-5-7-13(10)25-2/h3-7,9,15H,1,8H2,2H3,(H,22,24,26). The van der Waals surface area contributed by atoms with Crippen molar-refractivity contribution in [3.05, 3.63) is 63.7 Å². The van der Waals surface area contributed by atoms with Gasteiger partial charge in [0.05, 0.1) is 18.2 Å². The van der Waals surface area contributed by atoms with E-state index in [9.17, 15) is 13.6 Å². The van der Waals surface area contributed by atoms with Gasteiger partial charge in [0.15, 0.2) is 4.77 Å². The summed E-state index contributed by atoms with van der Waals surface area (Å²) in [7, 11) is 1.48. The van der Waals surface area contributed by atoms with E-state index in [0.29, 0.717) is 11.3 Å². The Morgan fingerprint density at radius 3 is 2.81 bits per heavy atom. The second-order valence-electron chi connectivity index (χ2n) is 5.45. The van der Waals surface area contributed by atoms with Gasteiger partial charge >= 0.3 is 0 Å². The Kier molecular flexibility index (Phi) is 4.94. The molecule has 0 saturated heterocycles. The summed E-state index contributed by atoms with van der Waals surface area (Å²) in [5, 5.41) is -0.186. The minimum Gasteiger partial charge on any atom is -0.496 e. The van der Waals surface area contributed by atoms with Crippen molar-refractivity contribution in [3.8, 4) is 17.0 Å². The molecule has 2 aromatic heterocycles. The van der Waals surface area contributed by atoms with Crippen LogP contribution in [0.1, 0.15) is 12.0 Å². The molecule has 1 N–H and O–H groups in total. The second kappa shape index (κ2) is 7.17. The second-order valence-corrected chi connectivity index (χ2v) is 5.84. The predicted octanol–water partition coefficient (Wildman–Crippen LogP) is 4.25. The first-order valence-electron chi connectivity index (χ1n) is 7.68. The summed E-state index contributed by atoms with van der Waals surface area (Å²) in [6.07, 6.45) is -1.31. The van der Waals surface area contributed by atoms with Gasteiger partial charge in [0.25, 0.3) is 12.0 Å². The number of nitrogens with one attached hydrogen (secondary N) is 1. The first-order valence-corrected chi connectivity index (χ1v) is 8.09. The molecule has 134 valence electrons. The molecule has 3 rings (SSSR count). The molecule has 2 heterocycles. The quantitative estimate of drug-likeness (QED) is 0.535. The lowest BCUT2D eigenvalue weighted by atomic mass is 10.1. The number of pyridine rings is 1. The number of aromatic nitrogens is 3. The topological polar surface area (TPSA) is 59.9 Å². The van der Waals surface area contributed by atoms with Crippen LogP contribution >= 0.6 is 12.2 Å². The lowest BCUT2D eigenvalue weighted by molar-refractivity contribution is 0.153. The van der Waals surface area contributed by atoms with Gasteiger partial charge in [0, 0.05) is 17.7 Å². The number of hydrogen-bond acceptors (Lipinski definition) is 4. The van der Waals surface area contributed by atoms with Crippen molar-refractivity contribution in [2.75, 3.05) is 7.11 Å². The van der Waals surface area contributed by atoms with E-state index >= 15 is 0 Å². The summed E-state index contributed by atoms with van der Waals surface area (Å²) >= 11 is 5.16. The first-order chi connectivity index (χ1) is 12.5. The number of allylic oxidation sites excluding steroid dienone is 1. The van der Waals surface area contributed by atoms with Gasteiger partial charge in [-0.2, -0.15) is 0 Å². The Hall–Kier alpha value is -2.87. The molecule has 0 saturated carbocycles. The molecule has 26 heavy (non-hydrogen) atoms. The Balaban J connectivity index is 2.48. The number of halogens is 2. The van der Waals surface area contributed by atoms with Gasteiger partial charge in [-0.05, 0) is 30.4 Å². The van der Waals surface area contributed by atoms with Crippen LogP contribution in [0.5, 0.6) is 5.75 Å². The monoisotopic (exact) mass is 375 g/mol. The maximum absolute atomic E-state index is 13.7. The number of ether oxygens (including phenoxy) is 1. The zero-order valence-electron chi connectivity index (χ0n) is 13.8. The summed E-state index contributed by atoms with van der Waals surface area (Å²) < 4.78 is 34.3. The normalized spacial score (nSPS) is 11.1. The van der Waals surface area contributed by atoms with Crippen molar-refractivity contribution < 1.29 is 13.5 Å². The van der Waals surface area contributed by atoms with E-state index < -0.39 is 17.5 Å². The van der Waals surface area contributed by atoms with Crippen LogP contribution in [0.25, 0.3) is 22.3 Å². The molecule has 8 heteroatoms. The zero-order chi connectivity index (χ0) is 18.8. The van der Waals surface area contributed by atoms with E-state index in [2.05, 4.69) is 16.5 Å². The zero-order valence-corrected chi connectivity index (χ0v) is 14.6. The number of benzene rings is 1. The SMILES string of the molecule is C=CCn1c(=S)[nH]c(=O)c2c(C(F)F)cc(-c3ccccc3OC)nc21. The van der Waals surface area contributed by atoms with Gasteiger partial charge in [0.1, 0.15) is 11.4 Å². The van der Waals surface area contributed by atoms with Crippen LogP contribution in [0, 0.1) is 4.77 Å². The number of methoxy groups -OCH3 is 1. The number of nitrogens with zero attached hydrogens (tertiary/aromatic N) is 2. The number of rotatable bonds is 5. The van der Waals surface area contributed by atoms with Crippen LogP contribution in [0.2, 0.25) is 0 Å². The molecule has 3 aromatic rings. The molecule has 0 fully saturated rings. The molecule has 0 radical (unpaired) electrons. The van der Waals surface area contributed by atoms with Gasteiger partial charge in [-0.15, -0.1) is 6.58 Å². The van der Waals surface area contributed by atoms with Crippen LogP contribution in [-0.2, 0) is 6.54 Å². The third kappa shape index (κ3) is 3.03. The van der Waals surface area contributed by atoms with E-state index in [1.165, 1.54) is 17.7 Å². The van der Waals surface area contributed by atoms with Crippen LogP contribution in [0.15, 0.2) is 47.8 Å². The maximum Gasteiger partial charge on any atom is 0.264 e.